The van der Waals surface area contributed by atoms with E-state index < -0.39 is 5.54 Å². The van der Waals surface area contributed by atoms with Crippen LogP contribution in [0.4, 0.5) is 0 Å². The SMILES string of the molecule is CNC(CSC)(C(=O)OC)C1CC1. The maximum atomic E-state index is 11.6. The van der Waals surface area contributed by atoms with E-state index in [1.165, 1.54) is 7.11 Å². The second-order valence-corrected chi connectivity index (χ2v) is 4.29. The Morgan fingerprint density at radius 2 is 2.31 bits per heavy atom. The summed E-state index contributed by atoms with van der Waals surface area (Å²) < 4.78 is 4.85. The van der Waals surface area contributed by atoms with Crippen molar-refractivity contribution in [1.82, 2.24) is 5.32 Å². The van der Waals surface area contributed by atoms with Crippen molar-refractivity contribution in [2.75, 3.05) is 26.2 Å². The topological polar surface area (TPSA) is 38.3 Å². The monoisotopic (exact) mass is 203 g/mol. The fraction of sp³-hybridized carbons (Fsp3) is 0.889. The number of esters is 1. The Kier molecular flexibility index (Phi) is 3.62. The molecule has 0 bridgehead atoms. The van der Waals surface area contributed by atoms with Crippen LogP contribution in [-0.4, -0.2) is 37.7 Å². The smallest absolute Gasteiger partial charge is 0.327 e. The van der Waals surface area contributed by atoms with Crippen molar-refractivity contribution in [2.24, 2.45) is 5.92 Å². The molecule has 0 amide bonds. The summed E-state index contributed by atoms with van der Waals surface area (Å²) in [6.45, 7) is 0. The van der Waals surface area contributed by atoms with Gasteiger partial charge in [0.15, 0.2) is 0 Å². The molecule has 76 valence electrons. The van der Waals surface area contributed by atoms with Crippen molar-refractivity contribution >= 4 is 17.7 Å². The molecular formula is C9H17NO2S. The van der Waals surface area contributed by atoms with Gasteiger partial charge in [0.1, 0.15) is 5.54 Å². The van der Waals surface area contributed by atoms with E-state index in [0.29, 0.717) is 5.92 Å². The molecule has 0 saturated heterocycles. The van der Waals surface area contributed by atoms with Gasteiger partial charge in [-0.25, -0.2) is 0 Å². The van der Waals surface area contributed by atoms with Crippen LogP contribution >= 0.6 is 11.8 Å². The number of nitrogens with one attached hydrogen (secondary N) is 1. The van der Waals surface area contributed by atoms with Crippen molar-refractivity contribution in [3.63, 3.8) is 0 Å². The number of thioether (sulfide) groups is 1. The van der Waals surface area contributed by atoms with Gasteiger partial charge in [0.05, 0.1) is 7.11 Å². The molecule has 1 rings (SSSR count). The van der Waals surface area contributed by atoms with Crippen LogP contribution in [0.15, 0.2) is 0 Å². The lowest BCUT2D eigenvalue weighted by molar-refractivity contribution is -0.148. The van der Waals surface area contributed by atoms with Crippen molar-refractivity contribution in [1.29, 1.82) is 0 Å². The Bertz CT molecular complexity index is 194. The minimum absolute atomic E-state index is 0.119. The molecule has 13 heavy (non-hydrogen) atoms. The first-order chi connectivity index (χ1) is 6.21. The van der Waals surface area contributed by atoms with Crippen molar-refractivity contribution < 1.29 is 9.53 Å². The molecule has 4 heteroatoms. The molecule has 0 aromatic heterocycles. The number of methoxy groups -OCH3 is 1. The summed E-state index contributed by atoms with van der Waals surface area (Å²) in [5.74, 6) is 1.14. The minimum atomic E-state index is -0.436. The molecule has 0 spiro atoms. The van der Waals surface area contributed by atoms with Crippen LogP contribution in [0.2, 0.25) is 0 Å². The van der Waals surface area contributed by atoms with E-state index in [-0.39, 0.29) is 5.97 Å². The van der Waals surface area contributed by atoms with E-state index in [9.17, 15) is 4.79 Å². The summed E-state index contributed by atoms with van der Waals surface area (Å²) in [7, 11) is 3.29. The van der Waals surface area contributed by atoms with Gasteiger partial charge < -0.3 is 10.1 Å². The van der Waals surface area contributed by atoms with Crippen LogP contribution in [0.25, 0.3) is 0 Å². The number of ether oxygens (including phenoxy) is 1. The van der Waals surface area contributed by atoms with Crippen LogP contribution in [0.1, 0.15) is 12.8 Å². The Morgan fingerprint density at radius 1 is 1.69 bits per heavy atom. The summed E-state index contributed by atoms with van der Waals surface area (Å²) in [6, 6.07) is 0. The Morgan fingerprint density at radius 3 is 2.62 bits per heavy atom. The molecule has 0 radical (unpaired) electrons. The third-order valence-corrected chi connectivity index (χ3v) is 3.39. The first-order valence-electron chi connectivity index (χ1n) is 4.47. The summed E-state index contributed by atoms with van der Waals surface area (Å²) in [4.78, 5) is 11.6. The highest BCUT2D eigenvalue weighted by Gasteiger charge is 2.50. The highest BCUT2D eigenvalue weighted by molar-refractivity contribution is 7.98. The second kappa shape index (κ2) is 4.33. The van der Waals surface area contributed by atoms with E-state index in [1.54, 1.807) is 11.8 Å². The standard InChI is InChI=1S/C9H17NO2S/c1-10-9(6-13-3,7-4-5-7)8(11)12-2/h7,10H,4-6H2,1-3H3. The minimum Gasteiger partial charge on any atom is -0.468 e. The van der Waals surface area contributed by atoms with Gasteiger partial charge in [-0.1, -0.05) is 0 Å². The molecular weight excluding hydrogens is 186 g/mol. The normalized spacial score (nSPS) is 20.8. The molecule has 1 saturated carbocycles. The van der Waals surface area contributed by atoms with Gasteiger partial charge in [-0.3, -0.25) is 4.79 Å². The zero-order valence-electron chi connectivity index (χ0n) is 8.42. The summed E-state index contributed by atoms with van der Waals surface area (Å²) >= 11 is 1.68. The van der Waals surface area contributed by atoms with E-state index in [1.807, 2.05) is 13.3 Å². The van der Waals surface area contributed by atoms with Crippen molar-refractivity contribution in [3.05, 3.63) is 0 Å². The maximum absolute atomic E-state index is 11.6. The molecule has 1 aliphatic carbocycles. The third kappa shape index (κ3) is 1.99. The van der Waals surface area contributed by atoms with E-state index in [2.05, 4.69) is 5.32 Å². The molecule has 1 atom stereocenters. The van der Waals surface area contributed by atoms with Crippen LogP contribution in [0, 0.1) is 5.92 Å². The fourth-order valence-corrected chi connectivity index (χ4v) is 2.66. The highest BCUT2D eigenvalue weighted by Crippen LogP contribution is 2.41. The van der Waals surface area contributed by atoms with Gasteiger partial charge in [-0.05, 0) is 32.1 Å². The molecule has 0 aliphatic heterocycles. The maximum Gasteiger partial charge on any atom is 0.327 e. The summed E-state index contributed by atoms with van der Waals surface area (Å²) in [6.07, 6.45) is 4.28. The van der Waals surface area contributed by atoms with E-state index in [4.69, 9.17) is 4.74 Å². The van der Waals surface area contributed by atoms with E-state index >= 15 is 0 Å². The summed E-state index contributed by atoms with van der Waals surface area (Å²) in [5, 5.41) is 3.13. The lowest BCUT2D eigenvalue weighted by atomic mass is 9.96. The Balaban J connectivity index is 2.74. The summed E-state index contributed by atoms with van der Waals surface area (Å²) in [5.41, 5.74) is -0.436. The largest absolute Gasteiger partial charge is 0.468 e. The first kappa shape index (κ1) is 10.9. The van der Waals surface area contributed by atoms with Crippen molar-refractivity contribution in [3.8, 4) is 0 Å². The molecule has 0 aromatic carbocycles. The first-order valence-corrected chi connectivity index (χ1v) is 5.87. The molecule has 0 heterocycles. The highest BCUT2D eigenvalue weighted by atomic mass is 32.2. The van der Waals surface area contributed by atoms with Crippen LogP contribution in [0.3, 0.4) is 0 Å². The number of carbonyl (C=O) groups is 1. The quantitative estimate of drug-likeness (QED) is 0.674. The van der Waals surface area contributed by atoms with Gasteiger partial charge in [0, 0.05) is 5.75 Å². The predicted molar refractivity (Wildman–Crippen MR) is 54.9 cm³/mol. The van der Waals surface area contributed by atoms with Gasteiger partial charge in [0.25, 0.3) is 0 Å². The number of rotatable bonds is 5. The van der Waals surface area contributed by atoms with E-state index in [0.717, 1.165) is 18.6 Å². The number of likely N-dealkylation sites (N-methyl/N-ethyl adjacent to an activating group) is 1. The van der Waals surface area contributed by atoms with Gasteiger partial charge in [0.2, 0.25) is 0 Å². The van der Waals surface area contributed by atoms with Crippen molar-refractivity contribution in [2.45, 2.75) is 18.4 Å². The molecule has 1 N–H and O–H groups in total. The zero-order valence-corrected chi connectivity index (χ0v) is 9.24. The number of hydrogen-bond donors (Lipinski definition) is 1. The predicted octanol–water partition coefficient (Wildman–Crippen LogP) is 0.891. The Labute approximate surface area is 83.6 Å². The van der Waals surface area contributed by atoms with Gasteiger partial charge >= 0.3 is 5.97 Å². The average molecular weight is 203 g/mol. The molecule has 1 unspecified atom stereocenters. The van der Waals surface area contributed by atoms with Crippen LogP contribution in [0.5, 0.6) is 0 Å². The van der Waals surface area contributed by atoms with Gasteiger partial charge in [-0.15, -0.1) is 0 Å². The second-order valence-electron chi connectivity index (χ2n) is 3.42. The zero-order chi connectivity index (χ0) is 9.90. The molecule has 3 nitrogen and oxygen atoms in total. The third-order valence-electron chi connectivity index (χ3n) is 2.64. The number of carbonyl (C=O) groups excluding carboxylic acids is 1. The lowest BCUT2D eigenvalue weighted by Crippen LogP contribution is -2.55. The molecule has 1 fully saturated rings. The molecule has 1 aliphatic rings. The Hall–Kier alpha value is -0.220. The number of hydrogen-bond acceptors (Lipinski definition) is 4. The van der Waals surface area contributed by atoms with Crippen LogP contribution < -0.4 is 5.32 Å². The van der Waals surface area contributed by atoms with Gasteiger partial charge in [-0.2, -0.15) is 11.8 Å². The average Bonchev–Trinajstić information content (AvgIpc) is 2.96. The lowest BCUT2D eigenvalue weighted by Gasteiger charge is -2.29. The molecule has 0 aromatic rings. The van der Waals surface area contributed by atoms with Crippen LogP contribution in [-0.2, 0) is 9.53 Å². The fourth-order valence-electron chi connectivity index (χ4n) is 1.71.